The van der Waals surface area contributed by atoms with Gasteiger partial charge < -0.3 is 9.88 Å². The van der Waals surface area contributed by atoms with Gasteiger partial charge in [0.15, 0.2) is 5.16 Å². The van der Waals surface area contributed by atoms with Crippen LogP contribution in [0.15, 0.2) is 72.1 Å². The molecule has 1 amide bonds. The predicted molar refractivity (Wildman–Crippen MR) is 123 cm³/mol. The largest absolute Gasteiger partial charge is 0.322 e. The Kier molecular flexibility index (Phi) is 6.32. The summed E-state index contributed by atoms with van der Waals surface area (Å²) in [7, 11) is 0. The third-order valence-electron chi connectivity index (χ3n) is 5.08. The lowest BCUT2D eigenvalue weighted by Gasteiger charge is -2.20. The normalized spacial score (nSPS) is 12.1. The average molecular weight is 435 g/mol. The number of rotatable bonds is 7. The number of thioether (sulfide) groups is 1. The summed E-state index contributed by atoms with van der Waals surface area (Å²) in [6.45, 7) is 3.99. The van der Waals surface area contributed by atoms with Gasteiger partial charge in [-0.05, 0) is 37.1 Å². The summed E-state index contributed by atoms with van der Waals surface area (Å²) < 4.78 is 16.0. The maximum atomic E-state index is 14.1. The van der Waals surface area contributed by atoms with E-state index in [9.17, 15) is 9.18 Å². The number of aryl methyl sites for hydroxylation is 1. The van der Waals surface area contributed by atoms with Crippen molar-refractivity contribution in [1.29, 1.82) is 0 Å². The van der Waals surface area contributed by atoms with E-state index < -0.39 is 11.9 Å². The Morgan fingerprint density at radius 3 is 2.68 bits per heavy atom. The number of carbonyl (C=O) groups excluding carboxylic acids is 1. The molecule has 2 aromatic carbocycles. The van der Waals surface area contributed by atoms with Gasteiger partial charge in [-0.25, -0.2) is 9.37 Å². The summed E-state index contributed by atoms with van der Waals surface area (Å²) in [4.78, 5) is 22.1. The van der Waals surface area contributed by atoms with Crippen molar-refractivity contribution in [3.05, 3.63) is 83.9 Å². The van der Waals surface area contributed by atoms with E-state index >= 15 is 0 Å². The number of para-hydroxylation sites is 1. The van der Waals surface area contributed by atoms with Gasteiger partial charge in [0, 0.05) is 11.9 Å². The van der Waals surface area contributed by atoms with E-state index in [1.807, 2.05) is 17.6 Å². The number of fused-ring (bicyclic) bond motifs is 1. The Morgan fingerprint density at radius 1 is 1.16 bits per heavy atom. The Bertz CT molecular complexity index is 1210. The van der Waals surface area contributed by atoms with E-state index in [-0.39, 0.29) is 11.6 Å². The minimum absolute atomic E-state index is 0.169. The first-order valence-electron chi connectivity index (χ1n) is 10.1. The third kappa shape index (κ3) is 4.61. The lowest BCUT2D eigenvalue weighted by atomic mass is 10.2. The van der Waals surface area contributed by atoms with Gasteiger partial charge in [-0.15, -0.1) is 0 Å². The molecule has 0 radical (unpaired) electrons. The number of halogens is 1. The molecule has 0 aliphatic rings. The number of pyridine rings is 1. The zero-order valence-corrected chi connectivity index (χ0v) is 18.2. The molecule has 0 saturated carbocycles. The van der Waals surface area contributed by atoms with Crippen molar-refractivity contribution in [2.24, 2.45) is 0 Å². The molecule has 2 aromatic heterocycles. The molecule has 1 atom stereocenters. The molecule has 5 nitrogen and oxygen atoms in total. The molecular formula is C24H23FN4OS. The van der Waals surface area contributed by atoms with Crippen LogP contribution in [0.3, 0.4) is 0 Å². The quantitative estimate of drug-likeness (QED) is 0.376. The monoisotopic (exact) mass is 434 g/mol. The lowest BCUT2D eigenvalue weighted by Crippen LogP contribution is -2.26. The molecule has 158 valence electrons. The van der Waals surface area contributed by atoms with Crippen LogP contribution in [-0.4, -0.2) is 20.4 Å². The van der Waals surface area contributed by atoms with Gasteiger partial charge in [-0.1, -0.05) is 60.6 Å². The number of benzene rings is 2. The van der Waals surface area contributed by atoms with Crippen LogP contribution in [0.4, 0.5) is 10.1 Å². The van der Waals surface area contributed by atoms with Crippen molar-refractivity contribution in [3.8, 4) is 0 Å². The van der Waals surface area contributed by atoms with Crippen molar-refractivity contribution in [2.45, 2.75) is 37.2 Å². The maximum absolute atomic E-state index is 14.1. The van der Waals surface area contributed by atoms with Crippen LogP contribution in [0.2, 0.25) is 0 Å². The second-order valence-electron chi connectivity index (χ2n) is 7.30. The number of hydrogen-bond acceptors (Lipinski definition) is 4. The number of imidazole rings is 1. The second kappa shape index (κ2) is 9.31. The molecule has 0 bridgehead atoms. The number of nitrogens with one attached hydrogen (secondary N) is 1. The minimum Gasteiger partial charge on any atom is -0.322 e. The van der Waals surface area contributed by atoms with Gasteiger partial charge in [-0.3, -0.25) is 9.78 Å². The van der Waals surface area contributed by atoms with Gasteiger partial charge in [0.25, 0.3) is 0 Å². The Hall–Kier alpha value is -3.19. The molecular weight excluding hydrogens is 411 g/mol. The van der Waals surface area contributed by atoms with Crippen LogP contribution in [0.1, 0.15) is 30.5 Å². The lowest BCUT2D eigenvalue weighted by molar-refractivity contribution is -0.119. The number of nitrogens with zero attached hydrogens (tertiary/aromatic N) is 3. The first-order valence-corrected chi connectivity index (χ1v) is 11.1. The highest BCUT2D eigenvalue weighted by Gasteiger charge is 2.25. The summed E-state index contributed by atoms with van der Waals surface area (Å²) in [6.07, 6.45) is 3.94. The van der Waals surface area contributed by atoms with Crippen LogP contribution >= 0.6 is 11.8 Å². The molecule has 7 heteroatoms. The molecule has 4 aromatic rings. The number of carbonyl (C=O) groups is 1. The van der Waals surface area contributed by atoms with E-state index in [0.717, 1.165) is 21.9 Å². The summed E-state index contributed by atoms with van der Waals surface area (Å²) in [5.74, 6) is -0.0210. The second-order valence-corrected chi connectivity index (χ2v) is 8.24. The van der Waals surface area contributed by atoms with Gasteiger partial charge in [0.05, 0.1) is 22.9 Å². The molecule has 31 heavy (non-hydrogen) atoms. The van der Waals surface area contributed by atoms with Gasteiger partial charge >= 0.3 is 0 Å². The summed E-state index contributed by atoms with van der Waals surface area (Å²) >= 11 is 1.57. The van der Waals surface area contributed by atoms with E-state index in [4.69, 9.17) is 4.98 Å². The number of amides is 1. The van der Waals surface area contributed by atoms with E-state index in [1.165, 1.54) is 17.2 Å². The summed E-state index contributed by atoms with van der Waals surface area (Å²) in [6, 6.07) is 15.8. The fraction of sp³-hybridized carbons (Fsp3) is 0.208. The van der Waals surface area contributed by atoms with E-state index in [1.54, 1.807) is 42.4 Å². The van der Waals surface area contributed by atoms with Gasteiger partial charge in [0.2, 0.25) is 5.91 Å². The highest BCUT2D eigenvalue weighted by atomic mass is 32.2. The SMILES string of the molecule is CC[C@H](C(=O)Nc1ccccc1F)n1c(SCc2ccc(C)cc2)nc2ccncc21. The maximum Gasteiger partial charge on any atom is 0.247 e. The standard InChI is InChI=1S/C24H23FN4OS/c1-3-21(23(30)27-19-7-5-4-6-18(19)25)29-22-14-26-13-12-20(22)28-24(29)31-15-17-10-8-16(2)9-11-17/h4-14,21H,3,15H2,1-2H3,(H,27,30)/t21-/m1/s1. The van der Waals surface area contributed by atoms with Crippen molar-refractivity contribution in [1.82, 2.24) is 14.5 Å². The number of anilines is 1. The fourth-order valence-corrected chi connectivity index (χ4v) is 4.43. The average Bonchev–Trinajstić information content (AvgIpc) is 3.14. The summed E-state index contributed by atoms with van der Waals surface area (Å²) in [5.41, 5.74) is 4.12. The minimum atomic E-state index is -0.547. The predicted octanol–water partition coefficient (Wildman–Crippen LogP) is 5.76. The van der Waals surface area contributed by atoms with Crippen molar-refractivity contribution >= 4 is 34.4 Å². The van der Waals surface area contributed by atoms with Gasteiger partial charge in [0.1, 0.15) is 11.9 Å². The molecule has 0 spiro atoms. The highest BCUT2D eigenvalue weighted by molar-refractivity contribution is 7.98. The molecule has 4 rings (SSSR count). The van der Waals surface area contributed by atoms with Gasteiger partial charge in [-0.2, -0.15) is 0 Å². The first kappa shape index (κ1) is 21.1. The van der Waals surface area contributed by atoms with Crippen LogP contribution in [0.25, 0.3) is 11.0 Å². The third-order valence-corrected chi connectivity index (χ3v) is 6.10. The highest BCUT2D eigenvalue weighted by Crippen LogP contribution is 2.31. The molecule has 0 aliphatic carbocycles. The molecule has 0 aliphatic heterocycles. The van der Waals surface area contributed by atoms with Crippen molar-refractivity contribution < 1.29 is 9.18 Å². The molecule has 0 saturated heterocycles. The Labute approximate surface area is 184 Å². The number of aromatic nitrogens is 3. The van der Waals surface area contributed by atoms with Crippen LogP contribution in [0.5, 0.6) is 0 Å². The molecule has 1 N–H and O–H groups in total. The Morgan fingerprint density at radius 2 is 1.94 bits per heavy atom. The smallest absolute Gasteiger partial charge is 0.247 e. The van der Waals surface area contributed by atoms with Crippen molar-refractivity contribution in [3.63, 3.8) is 0 Å². The zero-order chi connectivity index (χ0) is 21.8. The summed E-state index contributed by atoms with van der Waals surface area (Å²) in [5, 5.41) is 3.46. The first-order chi connectivity index (χ1) is 15.1. The van der Waals surface area contributed by atoms with Crippen LogP contribution in [-0.2, 0) is 10.5 Å². The van der Waals surface area contributed by atoms with Crippen LogP contribution < -0.4 is 5.32 Å². The fourth-order valence-electron chi connectivity index (χ4n) is 3.42. The molecule has 0 unspecified atom stereocenters. The van der Waals surface area contributed by atoms with E-state index in [2.05, 4.69) is 41.5 Å². The number of hydrogen-bond donors (Lipinski definition) is 1. The Balaban J connectivity index is 1.66. The van der Waals surface area contributed by atoms with Crippen LogP contribution in [0, 0.1) is 12.7 Å². The zero-order valence-electron chi connectivity index (χ0n) is 17.4. The van der Waals surface area contributed by atoms with E-state index in [0.29, 0.717) is 6.42 Å². The van der Waals surface area contributed by atoms with Crippen molar-refractivity contribution in [2.75, 3.05) is 5.32 Å². The topological polar surface area (TPSA) is 59.8 Å². The molecule has 2 heterocycles. The molecule has 0 fully saturated rings.